The number of rotatable bonds is 1. The van der Waals surface area contributed by atoms with Gasteiger partial charge in [-0.2, -0.15) is 0 Å². The molecule has 0 bridgehead atoms. The van der Waals surface area contributed by atoms with Gasteiger partial charge in [0.1, 0.15) is 6.10 Å². The Balaban J connectivity index is 1.95. The van der Waals surface area contributed by atoms with E-state index in [1.54, 1.807) is 7.11 Å². The molecular weight excluding hydrogens is 266 g/mol. The minimum absolute atomic E-state index is 0.00838. The molecule has 1 aromatic carbocycles. The number of methoxy groups -OCH3 is 1. The minimum atomic E-state index is -0.412. The lowest BCUT2D eigenvalue weighted by Gasteiger charge is -2.35. The summed E-state index contributed by atoms with van der Waals surface area (Å²) in [6.45, 7) is 1.96. The molecule has 4 rings (SSSR count). The average molecular weight is 287 g/mol. The fourth-order valence-electron chi connectivity index (χ4n) is 4.08. The Bertz CT molecular complexity index is 612. The summed E-state index contributed by atoms with van der Waals surface area (Å²) in [7, 11) is 3.84. The number of aliphatic hydroxyl groups excluding tert-OH is 1. The first-order chi connectivity index (χ1) is 10.1. The van der Waals surface area contributed by atoms with Crippen LogP contribution in [0.4, 0.5) is 0 Å². The Hall–Kier alpha value is -1.52. The second-order valence-corrected chi connectivity index (χ2v) is 6.43. The first-order valence-corrected chi connectivity index (χ1v) is 7.57. The van der Waals surface area contributed by atoms with E-state index in [2.05, 4.69) is 24.1 Å². The number of hydrogen-bond donors (Lipinski definition) is 1. The summed E-state index contributed by atoms with van der Waals surface area (Å²) >= 11 is 0. The number of nitrogens with zero attached hydrogens (tertiary/aromatic N) is 1. The smallest absolute Gasteiger partial charge is 0.166 e. The summed E-state index contributed by atoms with van der Waals surface area (Å²) in [5, 5.41) is 9.97. The molecular formula is C17H21NO3. The molecule has 21 heavy (non-hydrogen) atoms. The molecule has 4 nitrogen and oxygen atoms in total. The van der Waals surface area contributed by atoms with Crippen LogP contribution in [0.25, 0.3) is 0 Å². The quantitative estimate of drug-likeness (QED) is 0.801. The van der Waals surface area contributed by atoms with Crippen LogP contribution in [0.5, 0.6) is 11.5 Å². The van der Waals surface area contributed by atoms with E-state index in [4.69, 9.17) is 9.47 Å². The van der Waals surface area contributed by atoms with Crippen LogP contribution in [0, 0.1) is 0 Å². The molecule has 3 atom stereocenters. The van der Waals surface area contributed by atoms with Crippen molar-refractivity contribution >= 4 is 0 Å². The number of hydrogen-bond acceptors (Lipinski definition) is 4. The maximum absolute atomic E-state index is 9.97. The summed E-state index contributed by atoms with van der Waals surface area (Å²) in [6.07, 6.45) is 5.38. The number of aliphatic hydroxyl groups is 1. The molecule has 3 aliphatic rings. The van der Waals surface area contributed by atoms with E-state index in [1.807, 2.05) is 12.1 Å². The molecule has 1 unspecified atom stereocenters. The van der Waals surface area contributed by atoms with Gasteiger partial charge in [-0.3, -0.25) is 0 Å². The number of benzene rings is 1. The highest BCUT2D eigenvalue weighted by Gasteiger charge is 2.52. The number of ether oxygens (including phenoxy) is 2. The maximum Gasteiger partial charge on any atom is 0.166 e. The third kappa shape index (κ3) is 1.75. The van der Waals surface area contributed by atoms with Crippen molar-refractivity contribution in [2.45, 2.75) is 37.0 Å². The fourth-order valence-corrected chi connectivity index (χ4v) is 4.08. The Kier molecular flexibility index (Phi) is 2.81. The normalized spacial score (nSPS) is 33.9. The molecule has 1 N–H and O–H groups in total. The van der Waals surface area contributed by atoms with Crippen LogP contribution in [0.1, 0.15) is 24.0 Å². The van der Waals surface area contributed by atoms with Crippen LogP contribution in [-0.2, 0) is 12.0 Å². The highest BCUT2D eigenvalue weighted by Crippen LogP contribution is 2.55. The van der Waals surface area contributed by atoms with Gasteiger partial charge >= 0.3 is 0 Å². The molecule has 2 heterocycles. The van der Waals surface area contributed by atoms with Gasteiger partial charge < -0.3 is 19.5 Å². The molecule has 0 saturated heterocycles. The third-order valence-electron chi connectivity index (χ3n) is 5.15. The van der Waals surface area contributed by atoms with Crippen molar-refractivity contribution in [1.82, 2.24) is 4.90 Å². The molecule has 0 saturated carbocycles. The molecule has 0 amide bonds. The molecule has 4 heteroatoms. The SMILES string of the molecule is COc1ccc2c3c1O[C@@H]1CC(O)C=C[C@@]31CCN(C)C2. The predicted octanol–water partition coefficient (Wildman–Crippen LogP) is 1.85. The third-order valence-corrected chi connectivity index (χ3v) is 5.15. The molecule has 1 aliphatic carbocycles. The largest absolute Gasteiger partial charge is 0.493 e. The molecule has 112 valence electrons. The van der Waals surface area contributed by atoms with Crippen LogP contribution in [0.2, 0.25) is 0 Å². The molecule has 0 aromatic heterocycles. The standard InChI is InChI=1S/C17H21NO3/c1-18-8-7-17-6-5-12(19)9-14(17)21-16-13(20-2)4-3-11(10-18)15(16)17/h3-6,12,14,19H,7-10H2,1-2H3/t12?,14-,17+/m1/s1. The van der Waals surface area contributed by atoms with Gasteiger partial charge in [-0.1, -0.05) is 18.2 Å². The van der Waals surface area contributed by atoms with Crippen LogP contribution in [0.3, 0.4) is 0 Å². The van der Waals surface area contributed by atoms with Gasteiger partial charge in [0.25, 0.3) is 0 Å². The zero-order chi connectivity index (χ0) is 14.6. The summed E-state index contributed by atoms with van der Waals surface area (Å²) in [5.74, 6) is 1.68. The molecule has 1 spiro atoms. The van der Waals surface area contributed by atoms with E-state index in [-0.39, 0.29) is 11.5 Å². The molecule has 0 fully saturated rings. The molecule has 0 radical (unpaired) electrons. The van der Waals surface area contributed by atoms with Crippen molar-refractivity contribution in [2.75, 3.05) is 20.7 Å². The van der Waals surface area contributed by atoms with Gasteiger partial charge in [0.2, 0.25) is 0 Å². The Morgan fingerprint density at radius 2 is 2.29 bits per heavy atom. The summed E-state index contributed by atoms with van der Waals surface area (Å²) in [5.41, 5.74) is 2.48. The summed E-state index contributed by atoms with van der Waals surface area (Å²) in [6, 6.07) is 4.16. The lowest BCUT2D eigenvalue weighted by molar-refractivity contribution is 0.0821. The minimum Gasteiger partial charge on any atom is -0.493 e. The van der Waals surface area contributed by atoms with Gasteiger partial charge in [-0.25, -0.2) is 0 Å². The summed E-state index contributed by atoms with van der Waals surface area (Å²) in [4.78, 5) is 2.35. The van der Waals surface area contributed by atoms with Crippen molar-refractivity contribution < 1.29 is 14.6 Å². The van der Waals surface area contributed by atoms with E-state index in [1.165, 1.54) is 11.1 Å². The summed E-state index contributed by atoms with van der Waals surface area (Å²) < 4.78 is 11.8. The van der Waals surface area contributed by atoms with Gasteiger partial charge in [-0.15, -0.1) is 0 Å². The van der Waals surface area contributed by atoms with E-state index < -0.39 is 6.10 Å². The Labute approximate surface area is 125 Å². The van der Waals surface area contributed by atoms with E-state index in [0.29, 0.717) is 6.42 Å². The Morgan fingerprint density at radius 3 is 3.10 bits per heavy atom. The van der Waals surface area contributed by atoms with Gasteiger partial charge in [0, 0.05) is 18.5 Å². The lowest BCUT2D eigenvalue weighted by atomic mass is 9.69. The van der Waals surface area contributed by atoms with E-state index in [9.17, 15) is 5.11 Å². The second-order valence-electron chi connectivity index (χ2n) is 6.43. The molecule has 2 aliphatic heterocycles. The predicted molar refractivity (Wildman–Crippen MR) is 79.8 cm³/mol. The fraction of sp³-hybridized carbons (Fsp3) is 0.529. The maximum atomic E-state index is 9.97. The second kappa shape index (κ2) is 4.49. The Morgan fingerprint density at radius 1 is 1.43 bits per heavy atom. The van der Waals surface area contributed by atoms with Gasteiger partial charge in [0.15, 0.2) is 11.5 Å². The van der Waals surface area contributed by atoms with Crippen LogP contribution < -0.4 is 9.47 Å². The zero-order valence-corrected chi connectivity index (χ0v) is 12.5. The van der Waals surface area contributed by atoms with Crippen molar-refractivity contribution in [1.29, 1.82) is 0 Å². The van der Waals surface area contributed by atoms with Gasteiger partial charge in [-0.05, 0) is 31.6 Å². The zero-order valence-electron chi connectivity index (χ0n) is 12.5. The van der Waals surface area contributed by atoms with Crippen LogP contribution in [-0.4, -0.2) is 42.9 Å². The van der Waals surface area contributed by atoms with Crippen molar-refractivity contribution in [3.05, 3.63) is 35.4 Å². The van der Waals surface area contributed by atoms with Gasteiger partial charge in [0.05, 0.1) is 18.6 Å². The van der Waals surface area contributed by atoms with Crippen LogP contribution in [0.15, 0.2) is 24.3 Å². The van der Waals surface area contributed by atoms with Crippen molar-refractivity contribution in [3.63, 3.8) is 0 Å². The highest BCUT2D eigenvalue weighted by atomic mass is 16.5. The monoisotopic (exact) mass is 287 g/mol. The highest BCUT2D eigenvalue weighted by molar-refractivity contribution is 5.60. The average Bonchev–Trinajstić information content (AvgIpc) is 2.72. The van der Waals surface area contributed by atoms with Crippen molar-refractivity contribution in [3.8, 4) is 11.5 Å². The van der Waals surface area contributed by atoms with E-state index >= 15 is 0 Å². The lowest BCUT2D eigenvalue weighted by Crippen LogP contribution is -2.42. The molecule has 1 aromatic rings. The van der Waals surface area contributed by atoms with Crippen LogP contribution >= 0.6 is 0 Å². The first-order valence-electron chi connectivity index (χ1n) is 7.57. The van der Waals surface area contributed by atoms with E-state index in [0.717, 1.165) is 31.0 Å². The topological polar surface area (TPSA) is 41.9 Å². The first kappa shape index (κ1) is 13.2. The van der Waals surface area contributed by atoms with Crippen molar-refractivity contribution in [2.24, 2.45) is 0 Å².